The van der Waals surface area contributed by atoms with Crippen molar-refractivity contribution in [1.82, 2.24) is 10.2 Å². The number of nitrogens with two attached hydrogens (primary N) is 1. The summed E-state index contributed by atoms with van der Waals surface area (Å²) in [4.78, 5) is 11.5. The number of ether oxygens (including phenoxy) is 1. The number of hydrogen-bond donors (Lipinski definition) is 1. The quantitative estimate of drug-likeness (QED) is 0.673. The van der Waals surface area contributed by atoms with Gasteiger partial charge in [0, 0.05) is 5.56 Å². The van der Waals surface area contributed by atoms with Crippen molar-refractivity contribution >= 4 is 34.2 Å². The summed E-state index contributed by atoms with van der Waals surface area (Å²) in [6.07, 6.45) is 0. The van der Waals surface area contributed by atoms with Gasteiger partial charge < -0.3 is 10.5 Å². The Bertz CT molecular complexity index is 577. The molecule has 0 radical (unpaired) electrons. The second-order valence-electron chi connectivity index (χ2n) is 3.45. The summed E-state index contributed by atoms with van der Waals surface area (Å²) in [5, 5.41) is 7.73. The Kier molecular flexibility index (Phi) is 4.69. The fraction of sp³-hybridized carbons (Fsp3) is 0.182. The van der Waals surface area contributed by atoms with E-state index in [1.807, 2.05) is 0 Å². The number of carbonyl (C=O) groups is 1. The molecule has 0 spiro atoms. The van der Waals surface area contributed by atoms with E-state index >= 15 is 0 Å². The number of aromatic nitrogens is 2. The summed E-state index contributed by atoms with van der Waals surface area (Å²) >= 11 is 2.38. The number of rotatable bonds is 5. The summed E-state index contributed by atoms with van der Waals surface area (Å²) in [6, 6.07) is 6.16. The highest BCUT2D eigenvalue weighted by Crippen LogP contribution is 2.23. The summed E-state index contributed by atoms with van der Waals surface area (Å²) in [5.41, 5.74) is 5.76. The van der Waals surface area contributed by atoms with Gasteiger partial charge in [-0.3, -0.25) is 4.79 Å². The van der Waals surface area contributed by atoms with E-state index in [4.69, 9.17) is 10.5 Å². The van der Waals surface area contributed by atoms with Crippen LogP contribution in [0.4, 0.5) is 9.52 Å². The lowest BCUT2D eigenvalue weighted by Gasteiger charge is -2.04. The second-order valence-corrected chi connectivity index (χ2v) is 5.68. The zero-order valence-corrected chi connectivity index (χ0v) is 11.3. The van der Waals surface area contributed by atoms with Crippen LogP contribution in [0.5, 0.6) is 0 Å². The zero-order valence-electron chi connectivity index (χ0n) is 9.71. The molecule has 1 aromatic carbocycles. The van der Waals surface area contributed by atoms with Crippen molar-refractivity contribution in [3.8, 4) is 0 Å². The zero-order chi connectivity index (χ0) is 13.7. The molecule has 0 saturated carbocycles. The Morgan fingerprint density at radius 3 is 2.89 bits per heavy atom. The molecule has 2 aromatic rings. The van der Waals surface area contributed by atoms with E-state index in [2.05, 4.69) is 10.2 Å². The van der Waals surface area contributed by atoms with Gasteiger partial charge in [0.25, 0.3) is 0 Å². The van der Waals surface area contributed by atoms with Gasteiger partial charge in [-0.1, -0.05) is 41.3 Å². The van der Waals surface area contributed by atoms with Gasteiger partial charge in [-0.15, -0.1) is 10.2 Å². The van der Waals surface area contributed by atoms with Gasteiger partial charge in [-0.2, -0.15) is 0 Å². The van der Waals surface area contributed by atoms with E-state index in [1.165, 1.54) is 29.2 Å². The van der Waals surface area contributed by atoms with Crippen LogP contribution >= 0.6 is 23.1 Å². The van der Waals surface area contributed by atoms with Crippen molar-refractivity contribution in [2.24, 2.45) is 0 Å². The maximum Gasteiger partial charge on any atom is 0.316 e. The molecule has 0 amide bonds. The lowest BCUT2D eigenvalue weighted by atomic mass is 10.2. The predicted molar refractivity (Wildman–Crippen MR) is 71.2 cm³/mol. The number of carbonyl (C=O) groups excluding carboxylic acids is 1. The third-order valence-corrected chi connectivity index (χ3v) is 3.94. The van der Waals surface area contributed by atoms with Crippen LogP contribution in [0.1, 0.15) is 5.56 Å². The summed E-state index contributed by atoms with van der Waals surface area (Å²) in [5.74, 6) is -0.745. The Labute approximate surface area is 117 Å². The molecule has 2 N–H and O–H groups in total. The molecule has 0 aliphatic rings. The van der Waals surface area contributed by atoms with Crippen LogP contribution in [0.15, 0.2) is 28.6 Å². The highest BCUT2D eigenvalue weighted by Gasteiger charge is 2.09. The number of esters is 1. The lowest BCUT2D eigenvalue weighted by Crippen LogP contribution is -2.08. The molecule has 1 heterocycles. The predicted octanol–water partition coefficient (Wildman–Crippen LogP) is 2.09. The van der Waals surface area contributed by atoms with Gasteiger partial charge in [-0.25, -0.2) is 4.39 Å². The van der Waals surface area contributed by atoms with Crippen LogP contribution in [0, 0.1) is 5.82 Å². The number of thioether (sulfide) groups is 1. The molecule has 2 rings (SSSR count). The number of anilines is 1. The minimum Gasteiger partial charge on any atom is -0.460 e. The van der Waals surface area contributed by atoms with Crippen molar-refractivity contribution in [3.05, 3.63) is 35.6 Å². The van der Waals surface area contributed by atoms with E-state index < -0.39 is 5.97 Å². The molecule has 0 aliphatic heterocycles. The smallest absolute Gasteiger partial charge is 0.316 e. The van der Waals surface area contributed by atoms with Crippen molar-refractivity contribution in [1.29, 1.82) is 0 Å². The normalized spacial score (nSPS) is 10.4. The van der Waals surface area contributed by atoms with Crippen LogP contribution < -0.4 is 5.73 Å². The fourth-order valence-corrected chi connectivity index (χ4v) is 2.65. The summed E-state index contributed by atoms with van der Waals surface area (Å²) in [6.45, 7) is -0.0790. The molecule has 0 unspecified atom stereocenters. The number of nitrogen functional groups attached to an aromatic ring is 1. The third kappa shape index (κ3) is 4.18. The van der Waals surface area contributed by atoms with E-state index in [-0.39, 0.29) is 18.2 Å². The van der Waals surface area contributed by atoms with Crippen LogP contribution in [-0.2, 0) is 16.1 Å². The molecular formula is C11H10FN3O2S2. The fourth-order valence-electron chi connectivity index (χ4n) is 1.21. The molecular weight excluding hydrogens is 289 g/mol. The number of benzene rings is 1. The standard InChI is InChI=1S/C11H10FN3O2S2/c12-8-4-2-1-3-7(8)5-17-9(16)6-18-11-15-14-10(13)19-11/h1-4H,5-6H2,(H2,13,14). The van der Waals surface area contributed by atoms with Gasteiger partial charge in [0.05, 0.1) is 5.75 Å². The van der Waals surface area contributed by atoms with Gasteiger partial charge in [-0.05, 0) is 6.07 Å². The third-order valence-electron chi connectivity index (χ3n) is 2.08. The maximum absolute atomic E-state index is 13.3. The van der Waals surface area contributed by atoms with Gasteiger partial charge in [0.2, 0.25) is 5.13 Å². The van der Waals surface area contributed by atoms with Crippen LogP contribution in [0.3, 0.4) is 0 Å². The Morgan fingerprint density at radius 1 is 1.42 bits per heavy atom. The highest BCUT2D eigenvalue weighted by molar-refractivity contribution is 8.01. The number of hydrogen-bond acceptors (Lipinski definition) is 7. The average Bonchev–Trinajstić information content (AvgIpc) is 2.81. The molecule has 0 aliphatic carbocycles. The van der Waals surface area contributed by atoms with Gasteiger partial charge >= 0.3 is 5.97 Å². The van der Waals surface area contributed by atoms with E-state index in [9.17, 15) is 9.18 Å². The average molecular weight is 299 g/mol. The number of halogens is 1. The molecule has 100 valence electrons. The van der Waals surface area contributed by atoms with E-state index in [0.717, 1.165) is 0 Å². The Morgan fingerprint density at radius 2 is 2.21 bits per heavy atom. The maximum atomic E-state index is 13.3. The molecule has 19 heavy (non-hydrogen) atoms. The summed E-state index contributed by atoms with van der Waals surface area (Å²) < 4.78 is 18.8. The molecule has 0 atom stereocenters. The van der Waals surface area contributed by atoms with Gasteiger partial charge in [0.15, 0.2) is 4.34 Å². The van der Waals surface area contributed by atoms with E-state index in [0.29, 0.717) is 15.0 Å². The first-order chi connectivity index (χ1) is 9.15. The van der Waals surface area contributed by atoms with Crippen LogP contribution in [0.2, 0.25) is 0 Å². The van der Waals surface area contributed by atoms with Crippen molar-refractivity contribution < 1.29 is 13.9 Å². The monoisotopic (exact) mass is 299 g/mol. The first kappa shape index (κ1) is 13.8. The Balaban J connectivity index is 1.77. The first-order valence-electron chi connectivity index (χ1n) is 5.26. The first-order valence-corrected chi connectivity index (χ1v) is 7.06. The molecule has 0 saturated heterocycles. The minimum absolute atomic E-state index is 0.0790. The van der Waals surface area contributed by atoms with Crippen molar-refractivity contribution in [2.75, 3.05) is 11.5 Å². The second kappa shape index (κ2) is 6.48. The molecule has 8 heteroatoms. The molecule has 1 aromatic heterocycles. The minimum atomic E-state index is -0.443. The van der Waals surface area contributed by atoms with Crippen molar-refractivity contribution in [2.45, 2.75) is 10.9 Å². The van der Waals surface area contributed by atoms with Gasteiger partial charge in [0.1, 0.15) is 12.4 Å². The lowest BCUT2D eigenvalue weighted by molar-refractivity contribution is -0.141. The molecule has 5 nitrogen and oxygen atoms in total. The van der Waals surface area contributed by atoms with Crippen LogP contribution in [-0.4, -0.2) is 21.9 Å². The molecule has 0 fully saturated rings. The van der Waals surface area contributed by atoms with E-state index in [1.54, 1.807) is 18.2 Å². The highest BCUT2D eigenvalue weighted by atomic mass is 32.2. The van der Waals surface area contributed by atoms with Crippen molar-refractivity contribution in [3.63, 3.8) is 0 Å². The van der Waals surface area contributed by atoms with Crippen LogP contribution in [0.25, 0.3) is 0 Å². The summed E-state index contributed by atoms with van der Waals surface area (Å²) in [7, 11) is 0. The Hall–Kier alpha value is -1.67. The largest absolute Gasteiger partial charge is 0.460 e. The SMILES string of the molecule is Nc1nnc(SCC(=O)OCc2ccccc2F)s1. The molecule has 0 bridgehead atoms. The topological polar surface area (TPSA) is 78.1 Å². The number of nitrogens with zero attached hydrogens (tertiary/aromatic N) is 2.